The highest BCUT2D eigenvalue weighted by molar-refractivity contribution is 6.29. The summed E-state index contributed by atoms with van der Waals surface area (Å²) >= 11 is 6.12. The third-order valence-electron chi connectivity index (χ3n) is 2.87. The zero-order valence-corrected chi connectivity index (χ0v) is 13.0. The molecule has 0 saturated carbocycles. The van der Waals surface area contributed by atoms with Crippen LogP contribution < -0.4 is 4.74 Å². The molecular formula is C16H19ClN2O. The minimum atomic E-state index is -0.0706. The molecule has 0 bridgehead atoms. The maximum absolute atomic E-state index is 6.12. The predicted octanol–water partition coefficient (Wildman–Crippen LogP) is 4.49. The van der Waals surface area contributed by atoms with Gasteiger partial charge in [-0.05, 0) is 25.1 Å². The molecule has 20 heavy (non-hydrogen) atoms. The molecule has 0 amide bonds. The van der Waals surface area contributed by atoms with Crippen LogP contribution in [0.2, 0.25) is 5.15 Å². The van der Waals surface area contributed by atoms with Gasteiger partial charge in [0.1, 0.15) is 10.9 Å². The van der Waals surface area contributed by atoms with E-state index < -0.39 is 0 Å². The van der Waals surface area contributed by atoms with E-state index in [0.29, 0.717) is 17.6 Å². The maximum atomic E-state index is 6.12. The van der Waals surface area contributed by atoms with E-state index in [2.05, 4.69) is 30.7 Å². The van der Waals surface area contributed by atoms with Crippen molar-refractivity contribution in [1.82, 2.24) is 9.97 Å². The highest BCUT2D eigenvalue weighted by Gasteiger charge is 2.18. The van der Waals surface area contributed by atoms with E-state index in [1.54, 1.807) is 0 Å². The van der Waals surface area contributed by atoms with E-state index in [0.717, 1.165) is 17.0 Å². The fraction of sp³-hybridized carbons (Fsp3) is 0.375. The minimum Gasteiger partial charge on any atom is -0.494 e. The molecule has 2 aromatic rings. The maximum Gasteiger partial charge on any atom is 0.161 e. The van der Waals surface area contributed by atoms with E-state index in [1.165, 1.54) is 0 Å². The van der Waals surface area contributed by atoms with Gasteiger partial charge >= 0.3 is 0 Å². The Morgan fingerprint density at radius 2 is 1.90 bits per heavy atom. The van der Waals surface area contributed by atoms with E-state index in [-0.39, 0.29) is 5.41 Å². The molecule has 3 nitrogen and oxygen atoms in total. The van der Waals surface area contributed by atoms with Crippen molar-refractivity contribution in [3.05, 3.63) is 41.2 Å². The summed E-state index contributed by atoms with van der Waals surface area (Å²) in [6.07, 6.45) is 0. The van der Waals surface area contributed by atoms with Crippen LogP contribution in [0.25, 0.3) is 11.4 Å². The van der Waals surface area contributed by atoms with Gasteiger partial charge in [-0.2, -0.15) is 0 Å². The Kier molecular flexibility index (Phi) is 4.29. The Morgan fingerprint density at radius 1 is 1.15 bits per heavy atom. The summed E-state index contributed by atoms with van der Waals surface area (Å²) in [6.45, 7) is 8.90. The molecule has 0 saturated heterocycles. The summed E-state index contributed by atoms with van der Waals surface area (Å²) in [5, 5.41) is 0.460. The van der Waals surface area contributed by atoms with Gasteiger partial charge in [0.2, 0.25) is 0 Å². The molecule has 1 aromatic heterocycles. The second-order valence-electron chi connectivity index (χ2n) is 5.61. The van der Waals surface area contributed by atoms with E-state index in [9.17, 15) is 0 Å². The second-order valence-corrected chi connectivity index (χ2v) is 6.00. The van der Waals surface area contributed by atoms with Crippen LogP contribution in [0.5, 0.6) is 5.75 Å². The average molecular weight is 291 g/mol. The quantitative estimate of drug-likeness (QED) is 0.781. The molecule has 0 aliphatic carbocycles. The molecule has 0 unspecified atom stereocenters. The average Bonchev–Trinajstić information content (AvgIpc) is 2.38. The Hall–Kier alpha value is -1.61. The van der Waals surface area contributed by atoms with Crippen LogP contribution >= 0.6 is 11.6 Å². The highest BCUT2D eigenvalue weighted by Crippen LogP contribution is 2.27. The van der Waals surface area contributed by atoms with Crippen LogP contribution in [-0.4, -0.2) is 16.6 Å². The molecule has 0 spiro atoms. The number of rotatable bonds is 3. The van der Waals surface area contributed by atoms with Gasteiger partial charge in [0.25, 0.3) is 0 Å². The summed E-state index contributed by atoms with van der Waals surface area (Å²) in [5.74, 6) is 1.44. The van der Waals surface area contributed by atoms with Crippen LogP contribution in [0.15, 0.2) is 30.3 Å². The van der Waals surface area contributed by atoms with Crippen LogP contribution in [0.4, 0.5) is 0 Å². The minimum absolute atomic E-state index is 0.0706. The summed E-state index contributed by atoms with van der Waals surface area (Å²) in [6, 6.07) is 9.56. The molecule has 1 heterocycles. The van der Waals surface area contributed by atoms with Gasteiger partial charge in [-0.15, -0.1) is 0 Å². The third kappa shape index (κ3) is 3.48. The standard InChI is InChI=1S/C16H19ClN2O/c1-5-20-12-8-6-7-11(9-12)15-18-13(16(2,3)4)10-14(17)19-15/h6-10H,5H2,1-4H3. The van der Waals surface area contributed by atoms with Crippen LogP contribution in [0.3, 0.4) is 0 Å². The lowest BCUT2D eigenvalue weighted by Gasteiger charge is -2.18. The summed E-state index contributed by atoms with van der Waals surface area (Å²) < 4.78 is 5.51. The van der Waals surface area contributed by atoms with E-state index in [4.69, 9.17) is 16.3 Å². The van der Waals surface area contributed by atoms with Crippen molar-refractivity contribution in [2.75, 3.05) is 6.61 Å². The predicted molar refractivity (Wildman–Crippen MR) is 82.3 cm³/mol. The Balaban J connectivity index is 2.47. The Labute approximate surface area is 125 Å². The van der Waals surface area contributed by atoms with Gasteiger partial charge in [-0.25, -0.2) is 9.97 Å². The fourth-order valence-corrected chi connectivity index (χ4v) is 2.01. The van der Waals surface area contributed by atoms with Gasteiger partial charge in [0.15, 0.2) is 5.82 Å². The molecule has 2 rings (SSSR count). The zero-order chi connectivity index (χ0) is 14.8. The zero-order valence-electron chi connectivity index (χ0n) is 12.3. The Morgan fingerprint density at radius 3 is 2.55 bits per heavy atom. The molecular weight excluding hydrogens is 272 g/mol. The lowest BCUT2D eigenvalue weighted by molar-refractivity contribution is 0.340. The molecule has 106 valence electrons. The number of ether oxygens (including phenoxy) is 1. The molecule has 0 aliphatic rings. The van der Waals surface area contributed by atoms with Crippen molar-refractivity contribution in [2.24, 2.45) is 0 Å². The molecule has 0 atom stereocenters. The summed E-state index contributed by atoms with van der Waals surface area (Å²) in [7, 11) is 0. The smallest absolute Gasteiger partial charge is 0.161 e. The molecule has 0 radical (unpaired) electrons. The van der Waals surface area contributed by atoms with Gasteiger partial charge in [-0.1, -0.05) is 44.5 Å². The number of nitrogens with zero attached hydrogens (tertiary/aromatic N) is 2. The number of hydrogen-bond donors (Lipinski definition) is 0. The first-order valence-electron chi connectivity index (χ1n) is 6.68. The molecule has 0 N–H and O–H groups in total. The molecule has 0 aliphatic heterocycles. The van der Waals surface area contributed by atoms with Crippen LogP contribution in [0, 0.1) is 0 Å². The van der Waals surface area contributed by atoms with Crippen LogP contribution in [0.1, 0.15) is 33.4 Å². The first-order chi connectivity index (χ1) is 9.40. The Bertz CT molecular complexity index is 606. The summed E-state index contributed by atoms with van der Waals surface area (Å²) in [5.41, 5.74) is 1.76. The van der Waals surface area contributed by atoms with Crippen molar-refractivity contribution in [3.8, 4) is 17.1 Å². The second kappa shape index (κ2) is 5.80. The highest BCUT2D eigenvalue weighted by atomic mass is 35.5. The number of aromatic nitrogens is 2. The molecule has 0 fully saturated rings. The summed E-state index contributed by atoms with van der Waals surface area (Å²) in [4.78, 5) is 8.94. The van der Waals surface area contributed by atoms with Crippen molar-refractivity contribution in [2.45, 2.75) is 33.1 Å². The molecule has 4 heteroatoms. The largest absolute Gasteiger partial charge is 0.494 e. The third-order valence-corrected chi connectivity index (χ3v) is 3.06. The van der Waals surface area contributed by atoms with Gasteiger partial charge in [0, 0.05) is 11.0 Å². The first kappa shape index (κ1) is 14.8. The fourth-order valence-electron chi connectivity index (χ4n) is 1.82. The van der Waals surface area contributed by atoms with Gasteiger partial charge < -0.3 is 4.74 Å². The van der Waals surface area contributed by atoms with Gasteiger partial charge in [-0.3, -0.25) is 0 Å². The SMILES string of the molecule is CCOc1cccc(-c2nc(Cl)cc(C(C)(C)C)n2)c1. The van der Waals surface area contributed by atoms with Gasteiger partial charge in [0.05, 0.1) is 12.3 Å². The lowest BCUT2D eigenvalue weighted by Crippen LogP contribution is -2.14. The normalized spacial score (nSPS) is 11.4. The number of hydrogen-bond acceptors (Lipinski definition) is 3. The van der Waals surface area contributed by atoms with Crippen molar-refractivity contribution >= 4 is 11.6 Å². The van der Waals surface area contributed by atoms with Crippen molar-refractivity contribution < 1.29 is 4.74 Å². The molecule has 1 aromatic carbocycles. The first-order valence-corrected chi connectivity index (χ1v) is 7.06. The van der Waals surface area contributed by atoms with Crippen molar-refractivity contribution in [1.29, 1.82) is 0 Å². The number of benzene rings is 1. The topological polar surface area (TPSA) is 35.0 Å². The van der Waals surface area contributed by atoms with Crippen LogP contribution in [-0.2, 0) is 5.41 Å². The lowest BCUT2D eigenvalue weighted by atomic mass is 9.92. The number of halogens is 1. The van der Waals surface area contributed by atoms with Crippen molar-refractivity contribution in [3.63, 3.8) is 0 Å². The monoisotopic (exact) mass is 290 g/mol. The van der Waals surface area contributed by atoms with E-state index >= 15 is 0 Å². The van der Waals surface area contributed by atoms with E-state index in [1.807, 2.05) is 37.3 Å².